The molecular weight excluding hydrogens is 258 g/mol. The Morgan fingerprint density at radius 3 is 2.42 bits per heavy atom. The van der Waals surface area contributed by atoms with Crippen molar-refractivity contribution >= 4 is 17.5 Å². The second kappa shape index (κ2) is 6.95. The molecule has 19 heavy (non-hydrogen) atoms. The van der Waals surface area contributed by atoms with E-state index >= 15 is 0 Å². The molecule has 0 bridgehead atoms. The summed E-state index contributed by atoms with van der Waals surface area (Å²) in [6.07, 6.45) is 1.17. The van der Waals surface area contributed by atoms with Crippen molar-refractivity contribution in [2.45, 2.75) is 12.8 Å². The Labute approximate surface area is 118 Å². The van der Waals surface area contributed by atoms with Gasteiger partial charge in [0.05, 0.1) is 6.42 Å². The SMILES string of the molecule is O=C(Cc1ccccc1)NCCc1ccccc1Cl. The molecule has 98 valence electrons. The topological polar surface area (TPSA) is 29.1 Å². The highest BCUT2D eigenvalue weighted by Crippen LogP contribution is 2.14. The first-order chi connectivity index (χ1) is 9.25. The number of nitrogens with one attached hydrogen (secondary N) is 1. The minimum atomic E-state index is 0.0400. The average molecular weight is 274 g/mol. The van der Waals surface area contributed by atoms with E-state index in [1.807, 2.05) is 54.6 Å². The third kappa shape index (κ3) is 4.42. The Kier molecular flexibility index (Phi) is 4.99. The molecule has 0 aliphatic heterocycles. The van der Waals surface area contributed by atoms with Gasteiger partial charge in [-0.15, -0.1) is 0 Å². The van der Waals surface area contributed by atoms with Gasteiger partial charge >= 0.3 is 0 Å². The number of hydrogen-bond donors (Lipinski definition) is 1. The molecule has 0 aliphatic rings. The van der Waals surface area contributed by atoms with Crippen LogP contribution in [0.1, 0.15) is 11.1 Å². The van der Waals surface area contributed by atoms with Gasteiger partial charge < -0.3 is 5.32 Å². The zero-order chi connectivity index (χ0) is 13.5. The first-order valence-corrected chi connectivity index (χ1v) is 6.67. The van der Waals surface area contributed by atoms with Gasteiger partial charge in [-0.1, -0.05) is 60.1 Å². The molecule has 1 N–H and O–H groups in total. The van der Waals surface area contributed by atoms with E-state index in [9.17, 15) is 4.79 Å². The third-order valence-electron chi connectivity index (χ3n) is 2.88. The number of rotatable bonds is 5. The Hall–Kier alpha value is -1.80. The van der Waals surface area contributed by atoms with Crippen LogP contribution in [0.3, 0.4) is 0 Å². The number of carbonyl (C=O) groups is 1. The van der Waals surface area contributed by atoms with E-state index in [0.717, 1.165) is 22.6 Å². The Bertz CT molecular complexity index is 539. The molecule has 3 heteroatoms. The van der Waals surface area contributed by atoms with Crippen LogP contribution in [-0.2, 0) is 17.6 Å². The van der Waals surface area contributed by atoms with E-state index < -0.39 is 0 Å². The Morgan fingerprint density at radius 1 is 1.00 bits per heavy atom. The molecule has 0 unspecified atom stereocenters. The molecule has 2 rings (SSSR count). The second-order valence-electron chi connectivity index (χ2n) is 4.35. The first kappa shape index (κ1) is 13.6. The molecular formula is C16H16ClNO. The van der Waals surface area contributed by atoms with Crippen molar-refractivity contribution in [1.82, 2.24) is 5.32 Å². The predicted molar refractivity (Wildman–Crippen MR) is 78.3 cm³/mol. The average Bonchev–Trinajstić information content (AvgIpc) is 2.42. The Morgan fingerprint density at radius 2 is 1.68 bits per heavy atom. The van der Waals surface area contributed by atoms with Gasteiger partial charge in [-0.3, -0.25) is 4.79 Å². The standard InChI is InChI=1S/C16H16ClNO/c17-15-9-5-4-8-14(15)10-11-18-16(19)12-13-6-2-1-3-7-13/h1-9H,10-12H2,(H,18,19). The van der Waals surface area contributed by atoms with Crippen LogP contribution >= 0.6 is 11.6 Å². The number of amides is 1. The third-order valence-corrected chi connectivity index (χ3v) is 3.25. The summed E-state index contributed by atoms with van der Waals surface area (Å²) < 4.78 is 0. The van der Waals surface area contributed by atoms with E-state index in [-0.39, 0.29) is 5.91 Å². The first-order valence-electron chi connectivity index (χ1n) is 6.30. The van der Waals surface area contributed by atoms with Crippen molar-refractivity contribution in [3.8, 4) is 0 Å². The largest absolute Gasteiger partial charge is 0.355 e. The summed E-state index contributed by atoms with van der Waals surface area (Å²) >= 11 is 6.06. The van der Waals surface area contributed by atoms with Gasteiger partial charge in [0.1, 0.15) is 0 Å². The zero-order valence-corrected chi connectivity index (χ0v) is 11.4. The van der Waals surface area contributed by atoms with Crippen molar-refractivity contribution in [2.24, 2.45) is 0 Å². The van der Waals surface area contributed by atoms with Crippen LogP contribution in [0.25, 0.3) is 0 Å². The van der Waals surface area contributed by atoms with Gasteiger partial charge in [-0.05, 0) is 23.6 Å². The van der Waals surface area contributed by atoms with Gasteiger partial charge in [-0.2, -0.15) is 0 Å². The number of benzene rings is 2. The fourth-order valence-corrected chi connectivity index (χ4v) is 2.11. The lowest BCUT2D eigenvalue weighted by Gasteiger charge is -2.06. The lowest BCUT2D eigenvalue weighted by Crippen LogP contribution is -2.27. The highest BCUT2D eigenvalue weighted by atomic mass is 35.5. The Balaban J connectivity index is 1.77. The summed E-state index contributed by atoms with van der Waals surface area (Å²) in [5.41, 5.74) is 2.09. The number of carbonyl (C=O) groups excluding carboxylic acids is 1. The van der Waals surface area contributed by atoms with Crippen molar-refractivity contribution in [3.63, 3.8) is 0 Å². The minimum Gasteiger partial charge on any atom is -0.355 e. The summed E-state index contributed by atoms with van der Waals surface area (Å²) in [6, 6.07) is 17.4. The van der Waals surface area contributed by atoms with Crippen molar-refractivity contribution in [2.75, 3.05) is 6.54 Å². The fraction of sp³-hybridized carbons (Fsp3) is 0.188. The monoisotopic (exact) mass is 273 g/mol. The van der Waals surface area contributed by atoms with Gasteiger partial charge in [-0.25, -0.2) is 0 Å². The molecule has 0 saturated carbocycles. The van der Waals surface area contributed by atoms with Gasteiger partial charge in [0.25, 0.3) is 0 Å². The molecule has 2 aromatic carbocycles. The summed E-state index contributed by atoms with van der Waals surface area (Å²) in [5, 5.41) is 3.66. The van der Waals surface area contributed by atoms with Gasteiger partial charge in [0, 0.05) is 11.6 Å². The maximum atomic E-state index is 11.7. The smallest absolute Gasteiger partial charge is 0.224 e. The lowest BCUT2D eigenvalue weighted by molar-refractivity contribution is -0.120. The molecule has 0 atom stereocenters. The van der Waals surface area contributed by atoms with Crippen LogP contribution in [0.2, 0.25) is 5.02 Å². The summed E-state index contributed by atoms with van der Waals surface area (Å²) in [6.45, 7) is 0.607. The summed E-state index contributed by atoms with van der Waals surface area (Å²) in [4.78, 5) is 11.7. The van der Waals surface area contributed by atoms with Gasteiger partial charge in [0.15, 0.2) is 0 Å². The molecule has 0 radical (unpaired) electrons. The van der Waals surface area contributed by atoms with Gasteiger partial charge in [0.2, 0.25) is 5.91 Å². The molecule has 0 spiro atoms. The maximum absolute atomic E-state index is 11.7. The minimum absolute atomic E-state index is 0.0400. The van der Waals surface area contributed by atoms with Crippen LogP contribution in [-0.4, -0.2) is 12.5 Å². The lowest BCUT2D eigenvalue weighted by atomic mass is 10.1. The zero-order valence-electron chi connectivity index (χ0n) is 10.6. The van der Waals surface area contributed by atoms with Crippen molar-refractivity contribution < 1.29 is 4.79 Å². The van der Waals surface area contributed by atoms with E-state index in [1.165, 1.54) is 0 Å². The molecule has 2 nitrogen and oxygen atoms in total. The predicted octanol–water partition coefficient (Wildman–Crippen LogP) is 3.24. The molecule has 1 amide bonds. The van der Waals surface area contributed by atoms with E-state index in [1.54, 1.807) is 0 Å². The molecule has 0 aromatic heterocycles. The summed E-state index contributed by atoms with van der Waals surface area (Å²) in [5.74, 6) is 0.0400. The quantitative estimate of drug-likeness (QED) is 0.890. The highest BCUT2D eigenvalue weighted by Gasteiger charge is 2.03. The molecule has 0 aliphatic carbocycles. The fourth-order valence-electron chi connectivity index (χ4n) is 1.88. The molecule has 2 aromatic rings. The second-order valence-corrected chi connectivity index (χ2v) is 4.76. The van der Waals surface area contributed by atoms with E-state index in [4.69, 9.17) is 11.6 Å². The maximum Gasteiger partial charge on any atom is 0.224 e. The molecule has 0 fully saturated rings. The van der Waals surface area contributed by atoms with Crippen LogP contribution in [0.5, 0.6) is 0 Å². The summed E-state index contributed by atoms with van der Waals surface area (Å²) in [7, 11) is 0. The van der Waals surface area contributed by atoms with Crippen molar-refractivity contribution in [1.29, 1.82) is 0 Å². The van der Waals surface area contributed by atoms with E-state index in [0.29, 0.717) is 13.0 Å². The normalized spacial score (nSPS) is 10.2. The number of halogens is 1. The van der Waals surface area contributed by atoms with E-state index in [2.05, 4.69) is 5.32 Å². The highest BCUT2D eigenvalue weighted by molar-refractivity contribution is 6.31. The van der Waals surface area contributed by atoms with Crippen LogP contribution in [0, 0.1) is 0 Å². The van der Waals surface area contributed by atoms with Crippen molar-refractivity contribution in [3.05, 3.63) is 70.7 Å². The number of hydrogen-bond acceptors (Lipinski definition) is 1. The van der Waals surface area contributed by atoms with Crippen LogP contribution in [0.15, 0.2) is 54.6 Å². The van der Waals surface area contributed by atoms with Crippen LogP contribution < -0.4 is 5.32 Å². The van der Waals surface area contributed by atoms with Crippen LogP contribution in [0.4, 0.5) is 0 Å². The molecule has 0 saturated heterocycles. The molecule has 0 heterocycles.